The second-order valence-corrected chi connectivity index (χ2v) is 7.04. The quantitative estimate of drug-likeness (QED) is 0.625. The monoisotopic (exact) mass is 370 g/mol. The van der Waals surface area contributed by atoms with Crippen molar-refractivity contribution in [1.82, 2.24) is 24.8 Å². The van der Waals surface area contributed by atoms with E-state index >= 15 is 0 Å². The highest BCUT2D eigenvalue weighted by Crippen LogP contribution is 2.18. The van der Waals surface area contributed by atoms with Crippen LogP contribution in [0, 0.1) is 12.8 Å². The van der Waals surface area contributed by atoms with E-state index in [9.17, 15) is 0 Å². The molecule has 7 heteroatoms. The van der Waals surface area contributed by atoms with Crippen LogP contribution in [0.25, 0.3) is 5.82 Å². The standard InChI is InChI=1S/C20H30N6O/c1-16-22-9-11-26(16)19-5-4-18(14-23-19)15-24-20(21-2)25(3)10-6-17-7-12-27-13-8-17/h4-5,9,11,14,17H,6-8,10,12-13,15H2,1-3H3,(H,21,24). The lowest BCUT2D eigenvalue weighted by molar-refractivity contribution is 0.0625. The average Bonchev–Trinajstić information content (AvgIpc) is 3.14. The van der Waals surface area contributed by atoms with Crippen molar-refractivity contribution in [2.75, 3.05) is 33.9 Å². The number of aromatic nitrogens is 3. The van der Waals surface area contributed by atoms with Crippen molar-refractivity contribution in [3.05, 3.63) is 42.1 Å². The number of aliphatic imine (C=N–C) groups is 1. The van der Waals surface area contributed by atoms with Gasteiger partial charge in [0.15, 0.2) is 5.96 Å². The maximum absolute atomic E-state index is 5.44. The summed E-state index contributed by atoms with van der Waals surface area (Å²) >= 11 is 0. The van der Waals surface area contributed by atoms with Crippen LogP contribution >= 0.6 is 0 Å². The minimum atomic E-state index is 0.699. The number of guanidine groups is 1. The SMILES string of the molecule is CN=C(NCc1ccc(-n2ccnc2C)nc1)N(C)CCC1CCOCC1. The third-order valence-corrected chi connectivity index (χ3v) is 5.12. The molecule has 1 fully saturated rings. The van der Waals surface area contributed by atoms with Crippen LogP contribution in [0.5, 0.6) is 0 Å². The third-order valence-electron chi connectivity index (χ3n) is 5.12. The summed E-state index contributed by atoms with van der Waals surface area (Å²) in [7, 11) is 3.92. The van der Waals surface area contributed by atoms with E-state index in [2.05, 4.69) is 38.3 Å². The zero-order valence-corrected chi connectivity index (χ0v) is 16.6. The lowest BCUT2D eigenvalue weighted by atomic mass is 9.96. The van der Waals surface area contributed by atoms with Crippen molar-refractivity contribution < 1.29 is 4.74 Å². The lowest BCUT2D eigenvalue weighted by Crippen LogP contribution is -2.39. The fraction of sp³-hybridized carbons (Fsp3) is 0.550. The molecule has 1 N–H and O–H groups in total. The molecule has 27 heavy (non-hydrogen) atoms. The zero-order valence-electron chi connectivity index (χ0n) is 16.6. The molecule has 0 spiro atoms. The van der Waals surface area contributed by atoms with E-state index in [1.54, 1.807) is 6.20 Å². The van der Waals surface area contributed by atoms with Crippen LogP contribution in [-0.4, -0.2) is 59.2 Å². The summed E-state index contributed by atoms with van der Waals surface area (Å²) in [5, 5.41) is 3.43. The van der Waals surface area contributed by atoms with E-state index in [4.69, 9.17) is 4.74 Å². The number of pyridine rings is 1. The average molecular weight is 371 g/mol. The molecule has 3 rings (SSSR count). The summed E-state index contributed by atoms with van der Waals surface area (Å²) in [5.41, 5.74) is 1.12. The molecule has 1 saturated heterocycles. The van der Waals surface area contributed by atoms with E-state index in [-0.39, 0.29) is 0 Å². The van der Waals surface area contributed by atoms with Crippen molar-refractivity contribution in [3.63, 3.8) is 0 Å². The van der Waals surface area contributed by atoms with Gasteiger partial charge in [-0.25, -0.2) is 9.97 Å². The van der Waals surface area contributed by atoms with Gasteiger partial charge < -0.3 is 15.0 Å². The van der Waals surface area contributed by atoms with Crippen LogP contribution < -0.4 is 5.32 Å². The maximum Gasteiger partial charge on any atom is 0.193 e. The van der Waals surface area contributed by atoms with Gasteiger partial charge in [0.2, 0.25) is 0 Å². The summed E-state index contributed by atoms with van der Waals surface area (Å²) in [5.74, 6) is 3.49. The molecule has 0 saturated carbocycles. The molecule has 146 valence electrons. The van der Waals surface area contributed by atoms with Crippen molar-refractivity contribution in [2.45, 2.75) is 32.7 Å². The summed E-state index contributed by atoms with van der Waals surface area (Å²) in [6.07, 6.45) is 9.14. The van der Waals surface area contributed by atoms with Crippen LogP contribution in [0.15, 0.2) is 35.7 Å². The van der Waals surface area contributed by atoms with Gasteiger partial charge in [0.1, 0.15) is 11.6 Å². The first-order valence-electron chi connectivity index (χ1n) is 9.62. The second kappa shape index (κ2) is 9.50. The summed E-state index contributed by atoms with van der Waals surface area (Å²) in [4.78, 5) is 15.4. The summed E-state index contributed by atoms with van der Waals surface area (Å²) in [6.45, 7) is 5.48. The minimum absolute atomic E-state index is 0.699. The number of nitrogens with zero attached hydrogens (tertiary/aromatic N) is 5. The highest BCUT2D eigenvalue weighted by atomic mass is 16.5. The number of aryl methyl sites for hydroxylation is 1. The molecule has 2 aromatic heterocycles. The molecule has 0 unspecified atom stereocenters. The maximum atomic E-state index is 5.44. The number of hydrogen-bond donors (Lipinski definition) is 1. The first kappa shape index (κ1) is 19.4. The van der Waals surface area contributed by atoms with Gasteiger partial charge in [-0.3, -0.25) is 9.56 Å². The minimum Gasteiger partial charge on any atom is -0.381 e. The fourth-order valence-electron chi connectivity index (χ4n) is 3.37. The smallest absolute Gasteiger partial charge is 0.193 e. The van der Waals surface area contributed by atoms with Gasteiger partial charge >= 0.3 is 0 Å². The van der Waals surface area contributed by atoms with Gasteiger partial charge in [-0.05, 0) is 43.7 Å². The molecule has 0 bridgehead atoms. The van der Waals surface area contributed by atoms with Crippen LogP contribution in [0.4, 0.5) is 0 Å². The first-order chi connectivity index (χ1) is 13.2. The van der Waals surface area contributed by atoms with E-state index in [0.717, 1.165) is 48.8 Å². The highest BCUT2D eigenvalue weighted by molar-refractivity contribution is 5.79. The van der Waals surface area contributed by atoms with E-state index < -0.39 is 0 Å². The molecular formula is C20H30N6O. The van der Waals surface area contributed by atoms with Gasteiger partial charge in [0.05, 0.1) is 0 Å². The number of rotatable bonds is 6. The Morgan fingerprint density at radius 2 is 2.15 bits per heavy atom. The molecule has 2 aromatic rings. The van der Waals surface area contributed by atoms with Crippen LogP contribution in [0.3, 0.4) is 0 Å². The summed E-state index contributed by atoms with van der Waals surface area (Å²) < 4.78 is 7.41. The molecule has 3 heterocycles. The van der Waals surface area contributed by atoms with Gasteiger partial charge in [0.25, 0.3) is 0 Å². The van der Waals surface area contributed by atoms with E-state index in [1.165, 1.54) is 19.3 Å². The Kier molecular flexibility index (Phi) is 6.81. The number of hydrogen-bond acceptors (Lipinski definition) is 4. The Morgan fingerprint density at radius 1 is 1.33 bits per heavy atom. The van der Waals surface area contributed by atoms with E-state index in [1.807, 2.05) is 37.0 Å². The topological polar surface area (TPSA) is 67.6 Å². The molecule has 0 atom stereocenters. The van der Waals surface area contributed by atoms with Gasteiger partial charge in [-0.15, -0.1) is 0 Å². The second-order valence-electron chi connectivity index (χ2n) is 7.04. The Balaban J connectivity index is 1.49. The predicted octanol–water partition coefficient (Wildman–Crippen LogP) is 2.40. The fourth-order valence-corrected chi connectivity index (χ4v) is 3.37. The van der Waals surface area contributed by atoms with Gasteiger partial charge in [-0.2, -0.15) is 0 Å². The first-order valence-corrected chi connectivity index (χ1v) is 9.62. The number of imidazole rings is 1. The molecule has 7 nitrogen and oxygen atoms in total. The van der Waals surface area contributed by atoms with Crippen molar-refractivity contribution >= 4 is 5.96 Å². The molecular weight excluding hydrogens is 340 g/mol. The zero-order chi connectivity index (χ0) is 19.1. The largest absolute Gasteiger partial charge is 0.381 e. The Hall–Kier alpha value is -2.41. The molecule has 0 amide bonds. The lowest BCUT2D eigenvalue weighted by Gasteiger charge is -2.26. The molecule has 0 aromatic carbocycles. The van der Waals surface area contributed by atoms with Crippen molar-refractivity contribution in [1.29, 1.82) is 0 Å². The Labute approximate surface area is 161 Å². The highest BCUT2D eigenvalue weighted by Gasteiger charge is 2.15. The predicted molar refractivity (Wildman–Crippen MR) is 107 cm³/mol. The van der Waals surface area contributed by atoms with Crippen molar-refractivity contribution in [2.24, 2.45) is 10.9 Å². The van der Waals surface area contributed by atoms with Crippen LogP contribution in [-0.2, 0) is 11.3 Å². The Morgan fingerprint density at radius 3 is 2.78 bits per heavy atom. The van der Waals surface area contributed by atoms with Gasteiger partial charge in [-0.1, -0.05) is 6.07 Å². The van der Waals surface area contributed by atoms with Crippen molar-refractivity contribution in [3.8, 4) is 5.82 Å². The van der Waals surface area contributed by atoms with E-state index in [0.29, 0.717) is 6.54 Å². The number of ether oxygens (including phenoxy) is 1. The molecule has 1 aliphatic rings. The normalized spacial score (nSPS) is 15.7. The molecule has 0 radical (unpaired) electrons. The van der Waals surface area contributed by atoms with Gasteiger partial charge in [0, 0.05) is 59.0 Å². The van der Waals surface area contributed by atoms with Crippen LogP contribution in [0.2, 0.25) is 0 Å². The molecule has 0 aliphatic carbocycles. The Bertz CT molecular complexity index is 733. The number of nitrogens with one attached hydrogen (secondary N) is 1. The summed E-state index contributed by atoms with van der Waals surface area (Å²) in [6, 6.07) is 4.10. The van der Waals surface area contributed by atoms with Crippen LogP contribution in [0.1, 0.15) is 30.7 Å². The third kappa shape index (κ3) is 5.29. The molecule has 1 aliphatic heterocycles.